The first-order valence-electron chi connectivity index (χ1n) is 7.82. The van der Waals surface area contributed by atoms with Crippen molar-refractivity contribution in [2.75, 3.05) is 5.32 Å². The van der Waals surface area contributed by atoms with E-state index in [9.17, 15) is 0 Å². The van der Waals surface area contributed by atoms with Crippen LogP contribution in [-0.2, 0) is 13.6 Å². The molecule has 1 aliphatic carbocycles. The van der Waals surface area contributed by atoms with Gasteiger partial charge in [0.1, 0.15) is 17.8 Å². The van der Waals surface area contributed by atoms with Gasteiger partial charge in [0.05, 0.1) is 12.2 Å². The predicted octanol–water partition coefficient (Wildman–Crippen LogP) is 3.21. The molecule has 0 spiro atoms. The Labute approximate surface area is 134 Å². The highest BCUT2D eigenvalue weighted by Crippen LogP contribution is 2.47. The van der Waals surface area contributed by atoms with E-state index < -0.39 is 0 Å². The minimum Gasteiger partial charge on any atom is -0.464 e. The number of pyridine rings is 1. The lowest BCUT2D eigenvalue weighted by Gasteiger charge is -2.06. The van der Waals surface area contributed by atoms with Crippen molar-refractivity contribution in [3.05, 3.63) is 48.4 Å². The van der Waals surface area contributed by atoms with Crippen LogP contribution in [0.1, 0.15) is 30.8 Å². The number of hydrogen-bond acceptors (Lipinski definition) is 5. The van der Waals surface area contributed by atoms with E-state index >= 15 is 0 Å². The minimum absolute atomic E-state index is 0.615. The van der Waals surface area contributed by atoms with Gasteiger partial charge in [0.15, 0.2) is 5.82 Å². The molecule has 0 amide bonds. The lowest BCUT2D eigenvalue weighted by Crippen LogP contribution is -2.00. The Hall–Kier alpha value is -2.63. The average molecular weight is 309 g/mol. The largest absolute Gasteiger partial charge is 0.464 e. The second-order valence-electron chi connectivity index (χ2n) is 6.20. The molecule has 1 fully saturated rings. The van der Waals surface area contributed by atoms with E-state index in [1.54, 1.807) is 18.7 Å². The normalized spacial score (nSPS) is 19.7. The Bertz CT molecular complexity index is 822. The van der Waals surface area contributed by atoms with Crippen molar-refractivity contribution in [3.8, 4) is 11.4 Å². The van der Waals surface area contributed by atoms with Crippen LogP contribution in [-0.4, -0.2) is 19.7 Å². The van der Waals surface area contributed by atoms with Crippen LogP contribution in [0.3, 0.4) is 0 Å². The Morgan fingerprint density at radius 2 is 2.22 bits per heavy atom. The van der Waals surface area contributed by atoms with E-state index in [-0.39, 0.29) is 0 Å². The summed E-state index contributed by atoms with van der Waals surface area (Å²) in [4.78, 5) is 4.27. The van der Waals surface area contributed by atoms with Crippen LogP contribution >= 0.6 is 0 Å². The SMILES string of the molecule is C[C@@H]1C[C@@H]1c1ccc(CNc2cncc(-c3nncn3C)c2)o1. The second-order valence-corrected chi connectivity index (χ2v) is 6.20. The predicted molar refractivity (Wildman–Crippen MR) is 86.8 cm³/mol. The van der Waals surface area contributed by atoms with E-state index in [1.807, 2.05) is 23.7 Å². The highest BCUT2D eigenvalue weighted by molar-refractivity contribution is 5.60. The first kappa shape index (κ1) is 14.0. The van der Waals surface area contributed by atoms with E-state index in [0.29, 0.717) is 12.5 Å². The van der Waals surface area contributed by atoms with Crippen LogP contribution in [0.2, 0.25) is 0 Å². The van der Waals surface area contributed by atoms with Crippen LogP contribution < -0.4 is 5.32 Å². The molecule has 2 atom stereocenters. The lowest BCUT2D eigenvalue weighted by atomic mass is 10.2. The van der Waals surface area contributed by atoms with Gasteiger partial charge in [-0.2, -0.15) is 0 Å². The Kier molecular flexibility index (Phi) is 3.37. The maximum atomic E-state index is 5.91. The lowest BCUT2D eigenvalue weighted by molar-refractivity contribution is 0.468. The summed E-state index contributed by atoms with van der Waals surface area (Å²) in [7, 11) is 1.92. The van der Waals surface area contributed by atoms with Crippen molar-refractivity contribution in [1.82, 2.24) is 19.7 Å². The van der Waals surface area contributed by atoms with E-state index in [0.717, 1.165) is 34.5 Å². The number of rotatable bonds is 5. The van der Waals surface area contributed by atoms with E-state index in [1.165, 1.54) is 6.42 Å². The van der Waals surface area contributed by atoms with Gasteiger partial charge in [0.2, 0.25) is 0 Å². The van der Waals surface area contributed by atoms with Gasteiger partial charge in [-0.3, -0.25) is 4.98 Å². The van der Waals surface area contributed by atoms with Gasteiger partial charge in [0, 0.05) is 30.9 Å². The molecular formula is C17H19N5O. The van der Waals surface area contributed by atoms with Gasteiger partial charge in [-0.05, 0) is 30.5 Å². The molecule has 1 N–H and O–H groups in total. The van der Waals surface area contributed by atoms with Crippen LogP contribution in [0.25, 0.3) is 11.4 Å². The molecule has 3 aromatic heterocycles. The smallest absolute Gasteiger partial charge is 0.165 e. The number of hydrogen-bond donors (Lipinski definition) is 1. The monoisotopic (exact) mass is 309 g/mol. The topological polar surface area (TPSA) is 68.8 Å². The van der Waals surface area contributed by atoms with Gasteiger partial charge < -0.3 is 14.3 Å². The molecule has 4 rings (SSSR count). The third kappa shape index (κ3) is 2.84. The molecule has 0 aliphatic heterocycles. The Morgan fingerprint density at radius 3 is 2.96 bits per heavy atom. The summed E-state index contributed by atoms with van der Waals surface area (Å²) in [5.41, 5.74) is 1.87. The van der Waals surface area contributed by atoms with Crippen LogP contribution in [0, 0.1) is 5.92 Å². The fraction of sp³-hybridized carbons (Fsp3) is 0.353. The number of anilines is 1. The maximum Gasteiger partial charge on any atom is 0.165 e. The molecule has 0 aromatic carbocycles. The zero-order chi connectivity index (χ0) is 15.8. The number of aromatic nitrogens is 4. The van der Waals surface area contributed by atoms with Crippen molar-refractivity contribution in [3.63, 3.8) is 0 Å². The van der Waals surface area contributed by atoms with Gasteiger partial charge >= 0.3 is 0 Å². The number of nitrogens with zero attached hydrogens (tertiary/aromatic N) is 4. The van der Waals surface area contributed by atoms with Gasteiger partial charge in [-0.1, -0.05) is 6.92 Å². The van der Waals surface area contributed by atoms with Crippen molar-refractivity contribution in [1.29, 1.82) is 0 Å². The molecule has 6 heteroatoms. The molecule has 1 aliphatic rings. The van der Waals surface area contributed by atoms with Crippen molar-refractivity contribution in [2.45, 2.75) is 25.8 Å². The first-order chi connectivity index (χ1) is 11.2. The first-order valence-corrected chi connectivity index (χ1v) is 7.82. The molecule has 6 nitrogen and oxygen atoms in total. The van der Waals surface area contributed by atoms with Crippen molar-refractivity contribution < 1.29 is 4.42 Å². The van der Waals surface area contributed by atoms with Crippen molar-refractivity contribution >= 4 is 5.69 Å². The Morgan fingerprint density at radius 1 is 1.35 bits per heavy atom. The fourth-order valence-corrected chi connectivity index (χ4v) is 2.80. The molecule has 3 heterocycles. The number of nitrogens with one attached hydrogen (secondary N) is 1. The summed E-state index contributed by atoms with van der Waals surface area (Å²) >= 11 is 0. The molecule has 23 heavy (non-hydrogen) atoms. The molecule has 0 radical (unpaired) electrons. The zero-order valence-electron chi connectivity index (χ0n) is 13.2. The standard InChI is InChI=1S/C17H19N5O/c1-11-5-15(11)16-4-3-14(23-16)9-19-13-6-12(7-18-8-13)17-21-20-10-22(17)2/h3-4,6-8,10-11,15,19H,5,9H2,1-2H3/t11-,15+/m1/s1. The van der Waals surface area contributed by atoms with Gasteiger partial charge in [-0.25, -0.2) is 0 Å². The summed E-state index contributed by atoms with van der Waals surface area (Å²) in [6.45, 7) is 2.90. The quantitative estimate of drug-likeness (QED) is 0.784. The average Bonchev–Trinajstić information content (AvgIpc) is 2.96. The van der Waals surface area contributed by atoms with Crippen molar-refractivity contribution in [2.24, 2.45) is 13.0 Å². The molecule has 0 unspecified atom stereocenters. The second kappa shape index (κ2) is 5.53. The summed E-state index contributed by atoms with van der Waals surface area (Å²) in [5, 5.41) is 11.4. The van der Waals surface area contributed by atoms with Crippen LogP contribution in [0.15, 0.2) is 41.3 Å². The zero-order valence-corrected chi connectivity index (χ0v) is 13.2. The molecule has 3 aromatic rings. The Balaban J connectivity index is 1.45. The molecule has 118 valence electrons. The highest BCUT2D eigenvalue weighted by atomic mass is 16.3. The summed E-state index contributed by atoms with van der Waals surface area (Å²) in [6, 6.07) is 6.16. The fourth-order valence-electron chi connectivity index (χ4n) is 2.80. The van der Waals surface area contributed by atoms with Gasteiger partial charge in [0.25, 0.3) is 0 Å². The summed E-state index contributed by atoms with van der Waals surface area (Å²) < 4.78 is 7.78. The molecule has 0 saturated heterocycles. The molecular weight excluding hydrogens is 290 g/mol. The number of aryl methyl sites for hydroxylation is 1. The van der Waals surface area contributed by atoms with Gasteiger partial charge in [-0.15, -0.1) is 10.2 Å². The highest BCUT2D eigenvalue weighted by Gasteiger charge is 2.36. The van der Waals surface area contributed by atoms with Crippen LogP contribution in [0.5, 0.6) is 0 Å². The van der Waals surface area contributed by atoms with E-state index in [4.69, 9.17) is 4.42 Å². The molecule has 1 saturated carbocycles. The minimum atomic E-state index is 0.615. The number of furan rings is 1. The van der Waals surface area contributed by atoms with E-state index in [2.05, 4.69) is 33.5 Å². The summed E-state index contributed by atoms with van der Waals surface area (Å²) in [6.07, 6.45) is 6.50. The third-order valence-corrected chi connectivity index (χ3v) is 4.33. The maximum absolute atomic E-state index is 5.91. The third-order valence-electron chi connectivity index (χ3n) is 4.33. The molecule has 0 bridgehead atoms. The van der Waals surface area contributed by atoms with Crippen LogP contribution in [0.4, 0.5) is 5.69 Å². The summed E-state index contributed by atoms with van der Waals surface area (Å²) in [5.74, 6) is 4.23.